The molecule has 0 aliphatic heterocycles. The number of rotatable bonds is 5. The van der Waals surface area contributed by atoms with Crippen LogP contribution in [0.5, 0.6) is 11.5 Å². The second-order valence-corrected chi connectivity index (χ2v) is 5.49. The summed E-state index contributed by atoms with van der Waals surface area (Å²) in [4.78, 5) is 0. The molecular weight excluding hydrogens is 318 g/mol. The molecule has 0 aliphatic rings. The van der Waals surface area contributed by atoms with Gasteiger partial charge in [-0.05, 0) is 25.1 Å². The fourth-order valence-corrected chi connectivity index (χ4v) is 2.33. The Hall–Kier alpha value is -1.52. The third-order valence-corrected chi connectivity index (χ3v) is 3.54. The van der Waals surface area contributed by atoms with Crippen LogP contribution in [0.3, 0.4) is 0 Å². The van der Waals surface area contributed by atoms with Crippen LogP contribution < -0.4 is 15.2 Å². The molecule has 0 saturated carbocycles. The highest BCUT2D eigenvalue weighted by Crippen LogP contribution is 2.29. The Bertz CT molecular complexity index is 584. The Labute approximate surface area is 127 Å². The van der Waals surface area contributed by atoms with Crippen molar-refractivity contribution >= 4 is 15.9 Å². The van der Waals surface area contributed by atoms with Gasteiger partial charge in [0.15, 0.2) is 0 Å². The number of benzene rings is 2. The highest BCUT2D eigenvalue weighted by Gasteiger charge is 2.10. The minimum Gasteiger partial charge on any atom is -0.496 e. The van der Waals surface area contributed by atoms with Gasteiger partial charge in [-0.15, -0.1) is 0 Å². The third kappa shape index (κ3) is 3.52. The van der Waals surface area contributed by atoms with Crippen LogP contribution in [0.2, 0.25) is 0 Å². The van der Waals surface area contributed by atoms with Crippen molar-refractivity contribution in [1.82, 2.24) is 0 Å². The largest absolute Gasteiger partial charge is 0.496 e. The molecule has 1 unspecified atom stereocenters. The van der Waals surface area contributed by atoms with Crippen LogP contribution in [0.1, 0.15) is 24.1 Å². The predicted octanol–water partition coefficient (Wildman–Crippen LogP) is 4.06. The monoisotopic (exact) mass is 335 g/mol. The van der Waals surface area contributed by atoms with Crippen LogP contribution in [0.4, 0.5) is 0 Å². The normalized spacial score (nSPS) is 12.0. The first-order valence-corrected chi connectivity index (χ1v) is 7.21. The van der Waals surface area contributed by atoms with Crippen molar-refractivity contribution < 1.29 is 9.47 Å². The predicted molar refractivity (Wildman–Crippen MR) is 84.1 cm³/mol. The Balaban J connectivity index is 2.20. The van der Waals surface area contributed by atoms with Gasteiger partial charge in [-0.3, -0.25) is 0 Å². The summed E-state index contributed by atoms with van der Waals surface area (Å²) in [6, 6.07) is 13.6. The maximum Gasteiger partial charge on any atom is 0.125 e. The Morgan fingerprint density at radius 1 is 1.15 bits per heavy atom. The summed E-state index contributed by atoms with van der Waals surface area (Å²) in [5.41, 5.74) is 7.96. The molecule has 2 rings (SSSR count). The van der Waals surface area contributed by atoms with Crippen molar-refractivity contribution in [3.05, 3.63) is 58.1 Å². The molecular formula is C16H18BrNO2. The molecule has 0 spiro atoms. The van der Waals surface area contributed by atoms with Gasteiger partial charge in [0.05, 0.1) is 7.11 Å². The first kappa shape index (κ1) is 14.9. The fraction of sp³-hybridized carbons (Fsp3) is 0.250. The molecule has 0 aliphatic carbocycles. The zero-order chi connectivity index (χ0) is 14.5. The lowest BCUT2D eigenvalue weighted by molar-refractivity contribution is 0.292. The minimum absolute atomic E-state index is 0.0734. The molecule has 0 heterocycles. The first-order valence-electron chi connectivity index (χ1n) is 6.41. The summed E-state index contributed by atoms with van der Waals surface area (Å²) in [6.45, 7) is 2.39. The number of ether oxygens (including phenoxy) is 2. The van der Waals surface area contributed by atoms with E-state index in [1.165, 1.54) is 0 Å². The van der Waals surface area contributed by atoms with Crippen LogP contribution in [-0.4, -0.2) is 7.11 Å². The molecule has 0 radical (unpaired) electrons. The van der Waals surface area contributed by atoms with E-state index < -0.39 is 0 Å². The van der Waals surface area contributed by atoms with Crippen molar-refractivity contribution in [1.29, 1.82) is 0 Å². The lowest BCUT2D eigenvalue weighted by Gasteiger charge is -2.15. The number of para-hydroxylation sites is 1. The van der Waals surface area contributed by atoms with E-state index >= 15 is 0 Å². The summed E-state index contributed by atoms with van der Waals surface area (Å²) in [7, 11) is 1.66. The summed E-state index contributed by atoms with van der Waals surface area (Å²) >= 11 is 3.45. The second-order valence-electron chi connectivity index (χ2n) is 4.57. The standard InChI is InChI=1S/C16H18BrNO2/c1-11(18)14-8-7-13(17)9-16(14)20-10-12-5-3-4-6-15(12)19-2/h3-9,11H,10,18H2,1-2H3. The average molecular weight is 336 g/mol. The van der Waals surface area contributed by atoms with Crippen molar-refractivity contribution in [3.8, 4) is 11.5 Å². The van der Waals surface area contributed by atoms with Crippen molar-refractivity contribution in [2.45, 2.75) is 19.6 Å². The Kier molecular flexibility index (Phi) is 5.04. The minimum atomic E-state index is -0.0734. The average Bonchev–Trinajstić information content (AvgIpc) is 2.45. The number of hydrogen-bond donors (Lipinski definition) is 1. The van der Waals surface area contributed by atoms with Gasteiger partial charge in [-0.2, -0.15) is 0 Å². The van der Waals surface area contributed by atoms with Crippen LogP contribution in [0, 0.1) is 0 Å². The second kappa shape index (κ2) is 6.77. The maximum absolute atomic E-state index is 5.97. The van der Waals surface area contributed by atoms with Crippen molar-refractivity contribution in [2.24, 2.45) is 5.73 Å². The van der Waals surface area contributed by atoms with Crippen LogP contribution >= 0.6 is 15.9 Å². The fourth-order valence-electron chi connectivity index (χ4n) is 1.99. The van der Waals surface area contributed by atoms with Gasteiger partial charge in [-0.1, -0.05) is 40.2 Å². The molecule has 0 amide bonds. The summed E-state index contributed by atoms with van der Waals surface area (Å²) in [5, 5.41) is 0. The van der Waals surface area contributed by atoms with Crippen LogP contribution in [0.25, 0.3) is 0 Å². The van der Waals surface area contributed by atoms with Gasteiger partial charge in [0.1, 0.15) is 18.1 Å². The SMILES string of the molecule is COc1ccccc1COc1cc(Br)ccc1C(C)N. The highest BCUT2D eigenvalue weighted by molar-refractivity contribution is 9.10. The van der Waals surface area contributed by atoms with Crippen LogP contribution in [-0.2, 0) is 6.61 Å². The molecule has 0 fully saturated rings. The molecule has 20 heavy (non-hydrogen) atoms. The van der Waals surface area contributed by atoms with E-state index in [1.54, 1.807) is 7.11 Å². The van der Waals surface area contributed by atoms with Gasteiger partial charge in [0.2, 0.25) is 0 Å². The van der Waals surface area contributed by atoms with Crippen molar-refractivity contribution in [3.63, 3.8) is 0 Å². The zero-order valence-electron chi connectivity index (χ0n) is 11.6. The Morgan fingerprint density at radius 2 is 1.90 bits per heavy atom. The first-order chi connectivity index (χ1) is 9.61. The van der Waals surface area contributed by atoms with E-state index in [2.05, 4.69) is 15.9 Å². The van der Waals surface area contributed by atoms with E-state index in [0.717, 1.165) is 27.1 Å². The van der Waals surface area contributed by atoms with Gasteiger partial charge in [-0.25, -0.2) is 0 Å². The zero-order valence-corrected chi connectivity index (χ0v) is 13.2. The van der Waals surface area contributed by atoms with Crippen LogP contribution in [0.15, 0.2) is 46.9 Å². The molecule has 0 aromatic heterocycles. The maximum atomic E-state index is 5.97. The van der Waals surface area contributed by atoms with Gasteiger partial charge in [0, 0.05) is 21.6 Å². The smallest absolute Gasteiger partial charge is 0.125 e. The molecule has 3 nitrogen and oxygen atoms in total. The quantitative estimate of drug-likeness (QED) is 0.896. The molecule has 2 N–H and O–H groups in total. The summed E-state index contributed by atoms with van der Waals surface area (Å²) < 4.78 is 12.2. The van der Waals surface area contributed by atoms with Gasteiger partial charge < -0.3 is 15.2 Å². The van der Waals surface area contributed by atoms with E-state index in [0.29, 0.717) is 6.61 Å². The van der Waals surface area contributed by atoms with E-state index in [4.69, 9.17) is 15.2 Å². The highest BCUT2D eigenvalue weighted by atomic mass is 79.9. The van der Waals surface area contributed by atoms with E-state index in [9.17, 15) is 0 Å². The number of methoxy groups -OCH3 is 1. The summed E-state index contributed by atoms with van der Waals surface area (Å²) in [6.07, 6.45) is 0. The van der Waals surface area contributed by atoms with E-state index in [1.807, 2.05) is 49.4 Å². The Morgan fingerprint density at radius 3 is 2.60 bits per heavy atom. The molecule has 2 aromatic carbocycles. The van der Waals surface area contributed by atoms with Crippen molar-refractivity contribution in [2.75, 3.05) is 7.11 Å². The topological polar surface area (TPSA) is 44.5 Å². The van der Waals surface area contributed by atoms with Gasteiger partial charge in [0.25, 0.3) is 0 Å². The molecule has 2 aromatic rings. The third-order valence-electron chi connectivity index (χ3n) is 3.04. The number of hydrogen-bond acceptors (Lipinski definition) is 3. The van der Waals surface area contributed by atoms with Gasteiger partial charge >= 0.3 is 0 Å². The molecule has 0 bridgehead atoms. The molecule has 4 heteroatoms. The lowest BCUT2D eigenvalue weighted by atomic mass is 10.1. The lowest BCUT2D eigenvalue weighted by Crippen LogP contribution is -2.08. The van der Waals surface area contributed by atoms with E-state index in [-0.39, 0.29) is 6.04 Å². The molecule has 0 saturated heterocycles. The number of nitrogens with two attached hydrogens (primary N) is 1. The number of halogens is 1. The molecule has 1 atom stereocenters. The molecule has 106 valence electrons. The summed E-state index contributed by atoms with van der Waals surface area (Å²) in [5.74, 6) is 1.62.